The smallest absolute Gasteiger partial charge is 0.416 e. The van der Waals surface area contributed by atoms with Crippen molar-refractivity contribution in [1.82, 2.24) is 9.97 Å². The summed E-state index contributed by atoms with van der Waals surface area (Å²) in [7, 11) is 0. The number of fused-ring (bicyclic) bond motifs is 1. The van der Waals surface area contributed by atoms with Crippen LogP contribution in [0.15, 0.2) is 47.8 Å². The first-order valence-corrected chi connectivity index (χ1v) is 15.4. The van der Waals surface area contributed by atoms with Gasteiger partial charge in [-0.2, -0.15) is 39.5 Å². The highest BCUT2D eigenvalue weighted by Crippen LogP contribution is 2.47. The predicted octanol–water partition coefficient (Wildman–Crippen LogP) is 7.59. The fraction of sp³-hybridized carbons (Fsp3) is 0.438. The lowest BCUT2D eigenvalue weighted by Crippen LogP contribution is -2.61. The molecule has 2 heterocycles. The van der Waals surface area contributed by atoms with Crippen molar-refractivity contribution in [2.75, 3.05) is 18.1 Å². The van der Waals surface area contributed by atoms with E-state index < -0.39 is 64.9 Å². The number of anilines is 1. The average molecular weight is 737 g/mol. The molecule has 0 unspecified atom stereocenters. The largest absolute Gasteiger partial charge is 0.490 e. The number of aromatic nitrogens is 2. The van der Waals surface area contributed by atoms with Crippen molar-refractivity contribution in [3.63, 3.8) is 0 Å². The zero-order valence-corrected chi connectivity index (χ0v) is 27.1. The molecule has 1 aliphatic heterocycles. The molecule has 278 valence electrons. The van der Waals surface area contributed by atoms with Gasteiger partial charge in [0.1, 0.15) is 17.3 Å². The monoisotopic (exact) mass is 736 g/mol. The number of benzene rings is 2. The minimum absolute atomic E-state index is 0.0302. The number of nitrogens with two attached hydrogens (primary N) is 2. The molecule has 0 bridgehead atoms. The lowest BCUT2D eigenvalue weighted by molar-refractivity contribution is -0.143. The summed E-state index contributed by atoms with van der Waals surface area (Å²) in [4.78, 5) is 22.9. The molecule has 0 saturated carbocycles. The third-order valence-electron chi connectivity index (χ3n) is 8.18. The van der Waals surface area contributed by atoms with Crippen LogP contribution in [0.3, 0.4) is 0 Å². The Balaban J connectivity index is 1.90. The van der Waals surface area contributed by atoms with E-state index in [2.05, 4.69) is 15.1 Å². The molecule has 0 saturated heterocycles. The van der Waals surface area contributed by atoms with E-state index in [4.69, 9.17) is 26.1 Å². The molecule has 1 amide bonds. The van der Waals surface area contributed by atoms with Crippen LogP contribution in [0.2, 0.25) is 0 Å². The summed E-state index contributed by atoms with van der Waals surface area (Å²) >= 11 is 0. The summed E-state index contributed by atoms with van der Waals surface area (Å²) in [6, 6.07) is 3.61. The minimum atomic E-state index is -5.14. The second-order valence-corrected chi connectivity index (χ2v) is 11.7. The van der Waals surface area contributed by atoms with Gasteiger partial charge in [-0.3, -0.25) is 4.90 Å². The second-order valence-electron chi connectivity index (χ2n) is 11.7. The number of rotatable bonds is 10. The van der Waals surface area contributed by atoms with Gasteiger partial charge in [0, 0.05) is 18.8 Å². The van der Waals surface area contributed by atoms with Crippen molar-refractivity contribution in [2.24, 2.45) is 16.6 Å². The minimum Gasteiger partial charge on any atom is -0.490 e. The predicted molar refractivity (Wildman–Crippen MR) is 164 cm³/mol. The van der Waals surface area contributed by atoms with E-state index in [0.717, 1.165) is 29.3 Å². The third-order valence-corrected chi connectivity index (χ3v) is 8.18. The lowest BCUT2D eigenvalue weighted by Gasteiger charge is -2.46. The van der Waals surface area contributed by atoms with Crippen molar-refractivity contribution in [3.05, 3.63) is 81.9 Å². The highest BCUT2D eigenvalue weighted by Gasteiger charge is 2.47. The Morgan fingerprint density at radius 2 is 1.63 bits per heavy atom. The summed E-state index contributed by atoms with van der Waals surface area (Å²) in [5.41, 5.74) is 5.61. The van der Waals surface area contributed by atoms with E-state index in [1.807, 2.05) is 0 Å². The Morgan fingerprint density at radius 1 is 1.00 bits per heavy atom. The Kier molecular flexibility index (Phi) is 11.3. The molecular formula is C32H33F9N6O4. The SMILES string of the molecule is CCOC(=O)N1c2ccc(C(F)(F)F)cc2[C@@H](c2ncc(OCCC/C(N)=N/O)c(Cc3cc(C(F)(F)F)cc(C(F)(F)F)c3)n2)C[C@@]1(N)CC. The van der Waals surface area contributed by atoms with Crippen molar-refractivity contribution < 1.29 is 59.0 Å². The van der Waals surface area contributed by atoms with Gasteiger partial charge in [0.25, 0.3) is 0 Å². The number of alkyl halides is 9. The van der Waals surface area contributed by atoms with Crippen molar-refractivity contribution in [3.8, 4) is 5.75 Å². The number of hydrogen-bond donors (Lipinski definition) is 3. The van der Waals surface area contributed by atoms with E-state index in [1.165, 1.54) is 6.92 Å². The lowest BCUT2D eigenvalue weighted by atomic mass is 9.80. The maximum Gasteiger partial charge on any atom is 0.416 e. The van der Waals surface area contributed by atoms with Crippen LogP contribution in [0.25, 0.3) is 0 Å². The Labute approximate surface area is 285 Å². The molecule has 10 nitrogen and oxygen atoms in total. The molecule has 2 aromatic carbocycles. The first-order chi connectivity index (χ1) is 23.7. The van der Waals surface area contributed by atoms with E-state index in [1.54, 1.807) is 6.92 Å². The Bertz CT molecular complexity index is 1730. The number of carbonyl (C=O) groups is 1. The highest BCUT2D eigenvalue weighted by molar-refractivity contribution is 5.91. The standard InChI is InChI=1S/C32H33F9N6O4/c1-3-29(43)15-22(21-14-18(30(33,34)35)7-8-24(21)47(29)28(48)50-4-2)27-44-16-25(51-9-5-6-26(42)46-49)23(45-27)12-17-10-19(31(36,37)38)13-20(11-17)32(39,40)41/h7-8,10-11,13-14,16,22,49H,3-6,9,12,15,43H2,1-2H3,(H2,42,46)/t22-,29+/m0/s1. The molecule has 0 spiro atoms. The van der Waals surface area contributed by atoms with Crippen LogP contribution in [0.4, 0.5) is 50.0 Å². The van der Waals surface area contributed by atoms with Crippen LogP contribution in [0.5, 0.6) is 5.75 Å². The number of hydrogen-bond acceptors (Lipinski definition) is 8. The van der Waals surface area contributed by atoms with Crippen molar-refractivity contribution >= 4 is 17.6 Å². The van der Waals surface area contributed by atoms with E-state index in [-0.39, 0.29) is 79.3 Å². The van der Waals surface area contributed by atoms with Crippen LogP contribution < -0.4 is 21.1 Å². The molecule has 19 heteroatoms. The van der Waals surface area contributed by atoms with Crippen molar-refractivity contribution in [1.29, 1.82) is 0 Å². The summed E-state index contributed by atoms with van der Waals surface area (Å²) in [5, 5.41) is 11.6. The highest BCUT2D eigenvalue weighted by atomic mass is 19.4. The van der Waals surface area contributed by atoms with Gasteiger partial charge in [0.2, 0.25) is 0 Å². The molecule has 3 aromatic rings. The molecule has 51 heavy (non-hydrogen) atoms. The third kappa shape index (κ3) is 8.92. The summed E-state index contributed by atoms with van der Waals surface area (Å²) < 4.78 is 135. The Hall–Kier alpha value is -4.81. The van der Waals surface area contributed by atoms with Crippen LogP contribution in [-0.4, -0.2) is 46.0 Å². The topological polar surface area (TPSA) is 149 Å². The van der Waals surface area contributed by atoms with Crippen LogP contribution in [-0.2, 0) is 29.7 Å². The summed E-state index contributed by atoms with van der Waals surface area (Å²) in [6.07, 6.45) is -15.6. The second kappa shape index (κ2) is 14.8. The molecule has 1 aliphatic rings. The Morgan fingerprint density at radius 3 is 2.18 bits per heavy atom. The molecule has 0 aliphatic carbocycles. The van der Waals surface area contributed by atoms with Gasteiger partial charge >= 0.3 is 24.6 Å². The number of ether oxygens (including phenoxy) is 2. The molecular weight excluding hydrogens is 703 g/mol. The van der Waals surface area contributed by atoms with Gasteiger partial charge < -0.3 is 26.1 Å². The van der Waals surface area contributed by atoms with Gasteiger partial charge in [0.05, 0.1) is 47.5 Å². The number of amidine groups is 1. The van der Waals surface area contributed by atoms with Crippen LogP contribution in [0.1, 0.15) is 84.8 Å². The number of nitrogens with zero attached hydrogens (tertiary/aromatic N) is 4. The maximum absolute atomic E-state index is 13.9. The molecule has 2 atom stereocenters. The molecule has 4 rings (SSSR count). The zero-order chi connectivity index (χ0) is 37.9. The molecule has 0 radical (unpaired) electrons. The van der Waals surface area contributed by atoms with Gasteiger partial charge in [-0.1, -0.05) is 12.1 Å². The first-order valence-electron chi connectivity index (χ1n) is 15.4. The zero-order valence-electron chi connectivity index (χ0n) is 27.1. The van der Waals surface area contributed by atoms with Gasteiger partial charge in [-0.05, 0) is 73.7 Å². The number of halogens is 9. The first kappa shape index (κ1) is 39.0. The summed E-state index contributed by atoms with van der Waals surface area (Å²) in [5.74, 6) is -1.64. The average Bonchev–Trinajstić information content (AvgIpc) is 3.05. The van der Waals surface area contributed by atoms with E-state index >= 15 is 0 Å². The normalized spacial score (nSPS) is 18.4. The van der Waals surface area contributed by atoms with Crippen LogP contribution in [0, 0.1) is 0 Å². The molecule has 0 fully saturated rings. The van der Waals surface area contributed by atoms with Crippen molar-refractivity contribution in [2.45, 2.75) is 76.1 Å². The van der Waals surface area contributed by atoms with Gasteiger partial charge in [-0.25, -0.2) is 14.8 Å². The maximum atomic E-state index is 13.9. The molecule has 1 aromatic heterocycles. The van der Waals surface area contributed by atoms with E-state index in [9.17, 15) is 44.3 Å². The van der Waals surface area contributed by atoms with Gasteiger partial charge in [0.15, 0.2) is 5.75 Å². The quantitative estimate of drug-likeness (QED) is 0.0482. The molecule has 5 N–H and O–H groups in total. The summed E-state index contributed by atoms with van der Waals surface area (Å²) in [6.45, 7) is 2.94. The van der Waals surface area contributed by atoms with Gasteiger partial charge in [-0.15, -0.1) is 0 Å². The number of oxime groups is 1. The van der Waals surface area contributed by atoms with Crippen LogP contribution >= 0.6 is 0 Å². The fourth-order valence-corrected chi connectivity index (χ4v) is 5.65. The fourth-order valence-electron chi connectivity index (χ4n) is 5.65. The number of carbonyl (C=O) groups excluding carboxylic acids is 1. The van der Waals surface area contributed by atoms with E-state index in [0.29, 0.717) is 12.1 Å². The number of amides is 1.